The maximum Gasteiger partial charge on any atom is 0.227 e. The van der Waals surface area contributed by atoms with Crippen LogP contribution in [0.5, 0.6) is 0 Å². The Hall–Kier alpha value is -1.99. The zero-order valence-corrected chi connectivity index (χ0v) is 16.2. The lowest BCUT2D eigenvalue weighted by Gasteiger charge is -2.38. The third-order valence-electron chi connectivity index (χ3n) is 5.51. The lowest BCUT2D eigenvalue weighted by atomic mass is 9.95. The van der Waals surface area contributed by atoms with Crippen molar-refractivity contribution in [2.75, 3.05) is 59.5 Å². The highest BCUT2D eigenvalue weighted by Gasteiger charge is 2.33. The van der Waals surface area contributed by atoms with Crippen molar-refractivity contribution in [3.63, 3.8) is 0 Å². The van der Waals surface area contributed by atoms with Gasteiger partial charge in [-0.05, 0) is 18.6 Å². The van der Waals surface area contributed by atoms with Gasteiger partial charge in [0, 0.05) is 77.7 Å². The van der Waals surface area contributed by atoms with Crippen molar-refractivity contribution in [3.05, 3.63) is 30.1 Å². The first-order valence-electron chi connectivity index (χ1n) is 9.85. The van der Waals surface area contributed by atoms with Gasteiger partial charge in [0.05, 0.1) is 12.5 Å². The smallest absolute Gasteiger partial charge is 0.227 e. The third kappa shape index (κ3) is 5.49. The number of hydrogen-bond donors (Lipinski definition) is 0. The molecule has 2 aliphatic heterocycles. The van der Waals surface area contributed by atoms with E-state index in [4.69, 9.17) is 4.74 Å². The summed E-state index contributed by atoms with van der Waals surface area (Å²) in [6.45, 7) is 6.12. The van der Waals surface area contributed by atoms with E-state index in [1.165, 1.54) is 0 Å². The number of pyridine rings is 1. The van der Waals surface area contributed by atoms with Crippen molar-refractivity contribution >= 4 is 11.8 Å². The Morgan fingerprint density at radius 3 is 2.74 bits per heavy atom. The molecule has 0 aliphatic carbocycles. The van der Waals surface area contributed by atoms with Crippen LogP contribution in [0.25, 0.3) is 0 Å². The Kier molecular flexibility index (Phi) is 7.18. The number of rotatable bonds is 7. The minimum absolute atomic E-state index is 0.0723. The van der Waals surface area contributed by atoms with Crippen molar-refractivity contribution in [3.8, 4) is 0 Å². The topological polar surface area (TPSA) is 66.0 Å². The summed E-state index contributed by atoms with van der Waals surface area (Å²) in [6, 6.07) is 5.82. The molecule has 7 nitrogen and oxygen atoms in total. The molecule has 0 radical (unpaired) electrons. The van der Waals surface area contributed by atoms with Gasteiger partial charge in [0.1, 0.15) is 0 Å². The van der Waals surface area contributed by atoms with Gasteiger partial charge in [0.2, 0.25) is 11.8 Å². The molecule has 0 spiro atoms. The second kappa shape index (κ2) is 9.80. The van der Waals surface area contributed by atoms with Crippen LogP contribution < -0.4 is 0 Å². The van der Waals surface area contributed by atoms with E-state index in [1.807, 2.05) is 28.0 Å². The van der Waals surface area contributed by atoms with E-state index < -0.39 is 0 Å². The molecule has 0 saturated carbocycles. The third-order valence-corrected chi connectivity index (χ3v) is 5.51. The Morgan fingerprint density at radius 2 is 2.04 bits per heavy atom. The van der Waals surface area contributed by atoms with Gasteiger partial charge in [-0.2, -0.15) is 0 Å². The van der Waals surface area contributed by atoms with Crippen LogP contribution in [0.4, 0.5) is 0 Å². The number of aromatic nitrogens is 1. The minimum Gasteiger partial charge on any atom is -0.383 e. The fourth-order valence-corrected chi connectivity index (χ4v) is 3.80. The Morgan fingerprint density at radius 1 is 1.22 bits per heavy atom. The fraction of sp³-hybridized carbons (Fsp3) is 0.650. The number of carbonyl (C=O) groups excluding carboxylic acids is 2. The summed E-state index contributed by atoms with van der Waals surface area (Å²) >= 11 is 0. The molecule has 3 heterocycles. The summed E-state index contributed by atoms with van der Waals surface area (Å²) < 4.78 is 5.13. The van der Waals surface area contributed by atoms with Crippen molar-refractivity contribution in [1.82, 2.24) is 19.7 Å². The summed E-state index contributed by atoms with van der Waals surface area (Å²) in [4.78, 5) is 35.7. The molecule has 7 heteroatoms. The molecule has 3 rings (SSSR count). The number of carbonyl (C=O) groups is 2. The van der Waals surface area contributed by atoms with E-state index in [-0.39, 0.29) is 17.7 Å². The second-order valence-corrected chi connectivity index (χ2v) is 7.31. The predicted octanol–water partition coefficient (Wildman–Crippen LogP) is 0.653. The Bertz CT molecular complexity index is 617. The number of methoxy groups -OCH3 is 1. The average Bonchev–Trinajstić information content (AvgIpc) is 2.72. The van der Waals surface area contributed by atoms with E-state index in [0.717, 1.165) is 51.4 Å². The van der Waals surface area contributed by atoms with Gasteiger partial charge in [-0.25, -0.2) is 0 Å². The standard InChI is InChI=1S/C20H30N4O3/c1-27-15-14-22-10-12-23(13-11-22)20(26)17-5-6-19(25)24(16-17)9-7-18-4-2-3-8-21-18/h2-4,8,17H,5-7,9-16H2,1H3/t17-/m1/s1. The van der Waals surface area contributed by atoms with E-state index in [2.05, 4.69) is 9.88 Å². The van der Waals surface area contributed by atoms with Gasteiger partial charge in [-0.3, -0.25) is 19.5 Å². The number of ether oxygens (including phenoxy) is 1. The average molecular weight is 374 g/mol. The van der Waals surface area contributed by atoms with E-state index in [9.17, 15) is 9.59 Å². The Labute approximate surface area is 161 Å². The molecule has 27 heavy (non-hydrogen) atoms. The van der Waals surface area contributed by atoms with Crippen molar-refractivity contribution in [1.29, 1.82) is 0 Å². The predicted molar refractivity (Wildman–Crippen MR) is 102 cm³/mol. The molecule has 2 saturated heterocycles. The van der Waals surface area contributed by atoms with Gasteiger partial charge >= 0.3 is 0 Å². The molecule has 0 N–H and O–H groups in total. The van der Waals surface area contributed by atoms with E-state index in [0.29, 0.717) is 25.9 Å². The van der Waals surface area contributed by atoms with Crippen LogP contribution in [0, 0.1) is 5.92 Å². The summed E-state index contributed by atoms with van der Waals surface area (Å²) in [6.07, 6.45) is 3.63. The lowest BCUT2D eigenvalue weighted by Crippen LogP contribution is -2.53. The fourth-order valence-electron chi connectivity index (χ4n) is 3.80. The Balaban J connectivity index is 1.48. The van der Waals surface area contributed by atoms with Gasteiger partial charge in [0.25, 0.3) is 0 Å². The van der Waals surface area contributed by atoms with Crippen molar-refractivity contribution in [2.45, 2.75) is 19.3 Å². The molecule has 1 aromatic rings. The number of nitrogens with zero attached hydrogens (tertiary/aromatic N) is 4. The quantitative estimate of drug-likeness (QED) is 0.701. The largest absolute Gasteiger partial charge is 0.383 e. The van der Waals surface area contributed by atoms with Crippen molar-refractivity contribution < 1.29 is 14.3 Å². The molecule has 1 aromatic heterocycles. The first-order chi connectivity index (χ1) is 13.2. The monoisotopic (exact) mass is 374 g/mol. The van der Waals surface area contributed by atoms with E-state index >= 15 is 0 Å². The van der Waals surface area contributed by atoms with Crippen LogP contribution in [0.1, 0.15) is 18.5 Å². The first-order valence-corrected chi connectivity index (χ1v) is 9.85. The zero-order chi connectivity index (χ0) is 19.1. The van der Waals surface area contributed by atoms with Gasteiger partial charge in [0.15, 0.2) is 0 Å². The van der Waals surface area contributed by atoms with Crippen LogP contribution in [-0.2, 0) is 20.7 Å². The van der Waals surface area contributed by atoms with Crippen molar-refractivity contribution in [2.24, 2.45) is 5.92 Å². The summed E-state index contributed by atoms with van der Waals surface area (Å²) in [5, 5.41) is 0. The summed E-state index contributed by atoms with van der Waals surface area (Å²) in [5.74, 6) is 0.285. The maximum absolute atomic E-state index is 12.9. The normalized spacial score (nSPS) is 21.5. The molecule has 2 fully saturated rings. The minimum atomic E-state index is -0.0723. The molecule has 0 aromatic carbocycles. The highest BCUT2D eigenvalue weighted by Crippen LogP contribution is 2.21. The number of piperazine rings is 1. The molecule has 0 bridgehead atoms. The van der Waals surface area contributed by atoms with Gasteiger partial charge < -0.3 is 14.5 Å². The number of piperidine rings is 1. The number of amides is 2. The highest BCUT2D eigenvalue weighted by molar-refractivity contribution is 5.84. The maximum atomic E-state index is 12.9. The van der Waals surface area contributed by atoms with Crippen LogP contribution >= 0.6 is 0 Å². The molecular formula is C20H30N4O3. The molecule has 1 atom stereocenters. The summed E-state index contributed by atoms with van der Waals surface area (Å²) in [5.41, 5.74) is 0.978. The summed E-state index contributed by atoms with van der Waals surface area (Å²) in [7, 11) is 1.71. The van der Waals surface area contributed by atoms with Gasteiger partial charge in [-0.15, -0.1) is 0 Å². The zero-order valence-electron chi connectivity index (χ0n) is 16.2. The SMILES string of the molecule is COCCN1CCN(C(=O)[C@@H]2CCC(=O)N(CCc3ccccn3)C2)CC1. The highest BCUT2D eigenvalue weighted by atomic mass is 16.5. The van der Waals surface area contributed by atoms with E-state index in [1.54, 1.807) is 13.3 Å². The van der Waals surface area contributed by atoms with Gasteiger partial charge in [-0.1, -0.05) is 6.07 Å². The van der Waals surface area contributed by atoms with Crippen LogP contribution in [0.3, 0.4) is 0 Å². The number of likely N-dealkylation sites (tertiary alicyclic amines) is 1. The lowest BCUT2D eigenvalue weighted by molar-refractivity contribution is -0.144. The molecule has 2 amide bonds. The van der Waals surface area contributed by atoms with Crippen LogP contribution in [0.2, 0.25) is 0 Å². The molecule has 2 aliphatic rings. The van der Waals surface area contributed by atoms with Crippen LogP contribution in [-0.4, -0.2) is 91.0 Å². The molecule has 148 valence electrons. The number of hydrogen-bond acceptors (Lipinski definition) is 5. The van der Waals surface area contributed by atoms with Crippen LogP contribution in [0.15, 0.2) is 24.4 Å². The molecular weight excluding hydrogens is 344 g/mol. The first kappa shape index (κ1) is 19.8. The second-order valence-electron chi connectivity index (χ2n) is 7.31. The molecule has 0 unspecified atom stereocenters.